The van der Waals surface area contributed by atoms with E-state index in [1.165, 1.54) is 5.56 Å². The van der Waals surface area contributed by atoms with Gasteiger partial charge in [0.2, 0.25) is 0 Å². The maximum Gasteiger partial charge on any atom is 2.00 e. The van der Waals surface area contributed by atoms with E-state index in [9.17, 15) is 0 Å². The third kappa shape index (κ3) is 6.34. The minimum absolute atomic E-state index is 0. The summed E-state index contributed by atoms with van der Waals surface area (Å²) in [5, 5.41) is 0. The fraction of sp³-hybridized carbons (Fsp3) is 0.150. The van der Waals surface area contributed by atoms with Crippen LogP contribution >= 0.6 is 0 Å². The molecule has 1 aromatic carbocycles. The third-order valence-electron chi connectivity index (χ3n) is 3.08. The van der Waals surface area contributed by atoms with Gasteiger partial charge in [-0.25, -0.2) is 0 Å². The summed E-state index contributed by atoms with van der Waals surface area (Å²) in [4.78, 5) is 8.37. The van der Waals surface area contributed by atoms with Crippen LogP contribution in [0.2, 0.25) is 0 Å². The van der Waals surface area contributed by atoms with Crippen LogP contribution in [0.25, 0.3) is 11.4 Å². The zero-order chi connectivity index (χ0) is 15.8. The first kappa shape index (κ1) is 19.1. The number of benzene rings is 1. The fourth-order valence-electron chi connectivity index (χ4n) is 1.84. The summed E-state index contributed by atoms with van der Waals surface area (Å²) in [6.07, 6.45) is 3.54. The van der Waals surface area contributed by atoms with E-state index in [4.69, 9.17) is 0 Å². The molecule has 0 aliphatic rings. The van der Waals surface area contributed by atoms with Crippen molar-refractivity contribution in [1.82, 2.24) is 9.97 Å². The van der Waals surface area contributed by atoms with E-state index in [-0.39, 0.29) is 21.9 Å². The molecule has 0 bridgehead atoms. The number of aromatic nitrogens is 2. The van der Waals surface area contributed by atoms with Crippen LogP contribution in [0.15, 0.2) is 73.1 Å². The average molecular weight is 347 g/mol. The first-order valence-corrected chi connectivity index (χ1v) is 7.22. The van der Waals surface area contributed by atoms with Gasteiger partial charge >= 0.3 is 16.5 Å². The van der Waals surface area contributed by atoms with E-state index in [2.05, 4.69) is 42.9 Å². The van der Waals surface area contributed by atoms with Gasteiger partial charge in [0.1, 0.15) is 0 Å². The van der Waals surface area contributed by atoms with Crippen LogP contribution < -0.4 is 0 Å². The maximum absolute atomic E-state index is 4.19. The molecule has 0 aliphatic heterocycles. The molecule has 0 amide bonds. The molecular formula is C20H20N2Ni. The summed E-state index contributed by atoms with van der Waals surface area (Å²) in [7, 11) is 0. The predicted molar refractivity (Wildman–Crippen MR) is 91.1 cm³/mol. The Kier molecular flexibility index (Phi) is 7.64. The third-order valence-corrected chi connectivity index (χ3v) is 3.08. The minimum Gasteiger partial charge on any atom is -0.345 e. The Morgan fingerprint density at radius 1 is 0.870 bits per heavy atom. The Balaban J connectivity index is 0.000000224. The van der Waals surface area contributed by atoms with E-state index in [1.807, 2.05) is 54.6 Å². The quantitative estimate of drug-likeness (QED) is 0.494. The molecule has 0 radical (unpaired) electrons. The van der Waals surface area contributed by atoms with Crippen molar-refractivity contribution in [3.8, 4) is 11.4 Å². The van der Waals surface area contributed by atoms with E-state index in [1.54, 1.807) is 12.4 Å². The van der Waals surface area contributed by atoms with Crippen LogP contribution in [0.4, 0.5) is 0 Å². The van der Waals surface area contributed by atoms with Crippen LogP contribution in [0.5, 0.6) is 0 Å². The zero-order valence-electron chi connectivity index (χ0n) is 13.3. The largest absolute Gasteiger partial charge is 2.00 e. The molecule has 3 heteroatoms. The number of rotatable bonds is 2. The summed E-state index contributed by atoms with van der Waals surface area (Å²) in [5.41, 5.74) is 3.07. The first-order chi connectivity index (χ1) is 10.6. The van der Waals surface area contributed by atoms with Gasteiger partial charge in [0.25, 0.3) is 0 Å². The normalized spacial score (nSPS) is 10.0. The van der Waals surface area contributed by atoms with E-state index in [0.717, 1.165) is 11.4 Å². The topological polar surface area (TPSA) is 25.8 Å². The Morgan fingerprint density at radius 2 is 1.43 bits per heavy atom. The van der Waals surface area contributed by atoms with Gasteiger partial charge in [-0.3, -0.25) is 9.97 Å². The summed E-state index contributed by atoms with van der Waals surface area (Å²) in [6, 6.07) is 22.6. The van der Waals surface area contributed by atoms with Gasteiger partial charge < -0.3 is 6.92 Å². The van der Waals surface area contributed by atoms with Crippen LogP contribution in [0, 0.1) is 13.0 Å². The van der Waals surface area contributed by atoms with Gasteiger partial charge in [0, 0.05) is 12.4 Å². The molecule has 0 spiro atoms. The van der Waals surface area contributed by atoms with Crippen molar-refractivity contribution in [3.05, 3.63) is 91.6 Å². The molecule has 2 nitrogen and oxygen atoms in total. The molecule has 120 valence electrons. The molecule has 0 saturated carbocycles. The summed E-state index contributed by atoms with van der Waals surface area (Å²) < 4.78 is 0. The van der Waals surface area contributed by atoms with Crippen molar-refractivity contribution < 1.29 is 16.5 Å². The van der Waals surface area contributed by atoms with Crippen LogP contribution in [-0.2, 0) is 21.9 Å². The van der Waals surface area contributed by atoms with Crippen LogP contribution in [0.3, 0.4) is 0 Å². The smallest absolute Gasteiger partial charge is 0.345 e. The van der Waals surface area contributed by atoms with Gasteiger partial charge in [-0.15, -0.1) is 0 Å². The van der Waals surface area contributed by atoms with Crippen LogP contribution in [0.1, 0.15) is 19.4 Å². The fourth-order valence-corrected chi connectivity index (χ4v) is 1.84. The van der Waals surface area contributed by atoms with E-state index in [0.29, 0.717) is 0 Å². The van der Waals surface area contributed by atoms with Crippen molar-refractivity contribution in [3.63, 3.8) is 0 Å². The van der Waals surface area contributed by atoms with Crippen molar-refractivity contribution in [1.29, 1.82) is 0 Å². The molecule has 0 fully saturated rings. The Morgan fingerprint density at radius 3 is 1.74 bits per heavy atom. The van der Waals surface area contributed by atoms with Gasteiger partial charge in [-0.2, -0.15) is 41.3 Å². The predicted octanol–water partition coefficient (Wildman–Crippen LogP) is 4.74. The van der Waals surface area contributed by atoms with Crippen molar-refractivity contribution in [2.24, 2.45) is 0 Å². The molecule has 3 rings (SSSR count). The molecule has 0 unspecified atom stereocenters. The van der Waals surface area contributed by atoms with Crippen molar-refractivity contribution in [2.75, 3.05) is 0 Å². The zero-order valence-corrected chi connectivity index (χ0v) is 14.3. The second kappa shape index (κ2) is 9.22. The van der Waals surface area contributed by atoms with Crippen molar-refractivity contribution in [2.45, 2.75) is 19.3 Å². The molecule has 2 aromatic heterocycles. The number of pyridine rings is 2. The number of hydrogen-bond acceptors (Lipinski definition) is 2. The number of hydrogen-bond donors (Lipinski definition) is 0. The maximum atomic E-state index is 4.19. The summed E-state index contributed by atoms with van der Waals surface area (Å²) >= 11 is 0. The average Bonchev–Trinajstić information content (AvgIpc) is 2.57. The van der Waals surface area contributed by atoms with Crippen LogP contribution in [-0.4, -0.2) is 9.97 Å². The standard InChI is InChI=1S/C10H8N2.C10H12.Ni/c1-3-7-11-9(5-1)10-6-2-4-8-12-10;1-10(2,3)9-7-5-4-6-8-9;/h1-8H;4-5,7-8H,1H2,2-3H3;/q;-2;+2. The second-order valence-electron chi connectivity index (χ2n) is 5.61. The van der Waals surface area contributed by atoms with Crippen molar-refractivity contribution >= 4 is 0 Å². The SMILES string of the molecule is [CH2-]C(C)(C)c1c[c-]ccc1.[Ni+2].c1ccc(-c2ccccn2)nc1. The van der Waals surface area contributed by atoms with Gasteiger partial charge in [0.15, 0.2) is 0 Å². The second-order valence-corrected chi connectivity index (χ2v) is 5.61. The number of nitrogens with zero attached hydrogens (tertiary/aromatic N) is 2. The first-order valence-electron chi connectivity index (χ1n) is 7.22. The monoisotopic (exact) mass is 346 g/mol. The Hall–Kier alpha value is -1.99. The van der Waals surface area contributed by atoms with Gasteiger partial charge in [0.05, 0.1) is 11.4 Å². The molecule has 0 atom stereocenters. The van der Waals surface area contributed by atoms with E-state index >= 15 is 0 Å². The van der Waals surface area contributed by atoms with Gasteiger partial charge in [-0.05, 0) is 24.3 Å². The summed E-state index contributed by atoms with van der Waals surface area (Å²) in [5.74, 6) is 0. The van der Waals surface area contributed by atoms with E-state index < -0.39 is 0 Å². The molecule has 23 heavy (non-hydrogen) atoms. The molecule has 0 aliphatic carbocycles. The molecular weight excluding hydrogens is 327 g/mol. The molecule has 3 aromatic rings. The van der Waals surface area contributed by atoms with Gasteiger partial charge in [-0.1, -0.05) is 26.0 Å². The molecule has 0 N–H and O–H groups in total. The molecule has 2 heterocycles. The minimum atomic E-state index is 0. The Bertz CT molecular complexity index is 625. The summed E-state index contributed by atoms with van der Waals surface area (Å²) in [6.45, 7) is 8.21. The molecule has 0 saturated heterocycles. The Labute approximate surface area is 148 Å².